The average molecular weight is 374 g/mol. The van der Waals surface area contributed by atoms with Gasteiger partial charge in [0.25, 0.3) is 5.91 Å². The first kappa shape index (κ1) is 18.4. The molecule has 1 amide bonds. The van der Waals surface area contributed by atoms with Gasteiger partial charge in [-0.2, -0.15) is 0 Å². The summed E-state index contributed by atoms with van der Waals surface area (Å²) in [6.07, 6.45) is -0.741. The van der Waals surface area contributed by atoms with Crippen molar-refractivity contribution >= 4 is 23.5 Å². The number of nitrogens with zero attached hydrogens (tertiary/aromatic N) is 1. The lowest BCUT2D eigenvalue weighted by atomic mass is 9.89. The minimum Gasteiger partial charge on any atom is -0.481 e. The molecular formula is C20H20ClNO4. The third kappa shape index (κ3) is 3.74. The summed E-state index contributed by atoms with van der Waals surface area (Å²) in [5.41, 5.74) is 1.62. The van der Waals surface area contributed by atoms with Crippen LogP contribution in [0.15, 0.2) is 54.6 Å². The van der Waals surface area contributed by atoms with Crippen LogP contribution in [0, 0.1) is 5.92 Å². The predicted octanol–water partition coefficient (Wildman–Crippen LogP) is 3.35. The summed E-state index contributed by atoms with van der Waals surface area (Å²) in [5.74, 6) is -2.06. The Labute approximate surface area is 157 Å². The Morgan fingerprint density at radius 2 is 1.77 bits per heavy atom. The van der Waals surface area contributed by atoms with Gasteiger partial charge >= 0.3 is 5.97 Å². The number of carbonyl (C=O) groups is 2. The number of carbonyl (C=O) groups excluding carboxylic acids is 1. The van der Waals surface area contributed by atoms with Crippen molar-refractivity contribution < 1.29 is 19.4 Å². The molecule has 6 heteroatoms. The van der Waals surface area contributed by atoms with Crippen molar-refractivity contribution in [2.45, 2.75) is 12.0 Å². The van der Waals surface area contributed by atoms with Crippen molar-refractivity contribution in [3.8, 4) is 0 Å². The summed E-state index contributed by atoms with van der Waals surface area (Å²) in [5, 5.41) is 10.2. The van der Waals surface area contributed by atoms with Crippen LogP contribution < -0.4 is 0 Å². The molecule has 1 fully saturated rings. The van der Waals surface area contributed by atoms with Crippen LogP contribution in [0.25, 0.3) is 0 Å². The maximum atomic E-state index is 13.0. The molecule has 1 N–H and O–H groups in total. The molecule has 1 saturated heterocycles. The molecule has 2 aromatic carbocycles. The van der Waals surface area contributed by atoms with E-state index in [0.717, 1.165) is 11.1 Å². The highest BCUT2D eigenvalue weighted by molar-refractivity contribution is 6.30. The van der Waals surface area contributed by atoms with Gasteiger partial charge in [0, 0.05) is 31.1 Å². The van der Waals surface area contributed by atoms with Gasteiger partial charge in [0.15, 0.2) is 6.10 Å². The molecule has 1 aliphatic heterocycles. The number of aliphatic carboxylic acids is 1. The molecule has 5 nitrogen and oxygen atoms in total. The summed E-state index contributed by atoms with van der Waals surface area (Å²) < 4.78 is 5.41. The van der Waals surface area contributed by atoms with Crippen LogP contribution in [0.3, 0.4) is 0 Å². The lowest BCUT2D eigenvalue weighted by Crippen LogP contribution is -2.35. The number of hydrogen-bond donors (Lipinski definition) is 1. The summed E-state index contributed by atoms with van der Waals surface area (Å²) >= 11 is 5.93. The maximum absolute atomic E-state index is 13.0. The number of ether oxygens (including phenoxy) is 1. The smallest absolute Gasteiger partial charge is 0.308 e. The molecule has 0 bridgehead atoms. The van der Waals surface area contributed by atoms with Crippen LogP contribution in [0.1, 0.15) is 23.1 Å². The summed E-state index contributed by atoms with van der Waals surface area (Å²) in [4.78, 5) is 26.3. The van der Waals surface area contributed by atoms with E-state index in [9.17, 15) is 14.7 Å². The minimum absolute atomic E-state index is 0.161. The van der Waals surface area contributed by atoms with E-state index >= 15 is 0 Å². The van der Waals surface area contributed by atoms with Gasteiger partial charge < -0.3 is 14.7 Å². The third-order valence-electron chi connectivity index (χ3n) is 4.81. The van der Waals surface area contributed by atoms with Crippen molar-refractivity contribution in [2.75, 3.05) is 20.2 Å². The third-order valence-corrected chi connectivity index (χ3v) is 5.06. The van der Waals surface area contributed by atoms with E-state index in [1.807, 2.05) is 42.5 Å². The topological polar surface area (TPSA) is 66.8 Å². The van der Waals surface area contributed by atoms with Gasteiger partial charge in [-0.15, -0.1) is 0 Å². The fraction of sp³-hybridized carbons (Fsp3) is 0.300. The zero-order valence-corrected chi connectivity index (χ0v) is 15.1. The standard InChI is InChI=1S/C20H20ClNO4/c1-26-18(14-5-3-2-4-6-14)19(23)22-11-16(17(12-22)20(24)25)13-7-9-15(21)10-8-13/h2-10,16-18H,11-12H2,1H3,(H,24,25)/t16-,17+,18+/m0/s1. The van der Waals surface area contributed by atoms with Gasteiger partial charge in [-0.25, -0.2) is 0 Å². The van der Waals surface area contributed by atoms with E-state index < -0.39 is 18.0 Å². The van der Waals surface area contributed by atoms with Gasteiger partial charge in [0.05, 0.1) is 5.92 Å². The monoisotopic (exact) mass is 373 g/mol. The molecule has 0 radical (unpaired) electrons. The highest BCUT2D eigenvalue weighted by Gasteiger charge is 2.42. The molecule has 2 aromatic rings. The van der Waals surface area contributed by atoms with Crippen molar-refractivity contribution in [1.82, 2.24) is 4.90 Å². The lowest BCUT2D eigenvalue weighted by Gasteiger charge is -2.23. The number of rotatable bonds is 5. The average Bonchev–Trinajstić information content (AvgIpc) is 3.09. The van der Waals surface area contributed by atoms with E-state index in [4.69, 9.17) is 16.3 Å². The number of carboxylic acids is 1. The molecule has 1 aliphatic rings. The predicted molar refractivity (Wildman–Crippen MR) is 98.1 cm³/mol. The molecule has 0 spiro atoms. The molecule has 0 aromatic heterocycles. The van der Waals surface area contributed by atoms with Crippen LogP contribution in [0.5, 0.6) is 0 Å². The van der Waals surface area contributed by atoms with Crippen molar-refractivity contribution in [3.63, 3.8) is 0 Å². The van der Waals surface area contributed by atoms with Gasteiger partial charge in [-0.1, -0.05) is 54.1 Å². The van der Waals surface area contributed by atoms with Crippen molar-refractivity contribution in [1.29, 1.82) is 0 Å². The molecular weight excluding hydrogens is 354 g/mol. The van der Waals surface area contributed by atoms with Gasteiger partial charge in [-0.3, -0.25) is 9.59 Å². The van der Waals surface area contributed by atoms with Gasteiger partial charge in [0.2, 0.25) is 0 Å². The summed E-state index contributed by atoms with van der Waals surface area (Å²) in [6, 6.07) is 16.3. The number of hydrogen-bond acceptors (Lipinski definition) is 3. The second-order valence-corrected chi connectivity index (χ2v) is 6.81. The molecule has 3 rings (SSSR count). The number of methoxy groups -OCH3 is 1. The van der Waals surface area contributed by atoms with E-state index in [1.54, 1.807) is 17.0 Å². The zero-order chi connectivity index (χ0) is 18.7. The van der Waals surface area contributed by atoms with Crippen molar-refractivity contribution in [3.05, 3.63) is 70.7 Å². The lowest BCUT2D eigenvalue weighted by molar-refractivity contribution is -0.143. The fourth-order valence-electron chi connectivity index (χ4n) is 3.45. The van der Waals surface area contributed by atoms with Gasteiger partial charge in [0.1, 0.15) is 0 Å². The number of halogens is 1. The Bertz CT molecular complexity index is 778. The zero-order valence-electron chi connectivity index (χ0n) is 14.3. The Morgan fingerprint density at radius 3 is 2.35 bits per heavy atom. The van der Waals surface area contributed by atoms with Gasteiger partial charge in [-0.05, 0) is 23.3 Å². The van der Waals surface area contributed by atoms with Crippen LogP contribution in [0.2, 0.25) is 5.02 Å². The van der Waals surface area contributed by atoms with Crippen LogP contribution in [-0.4, -0.2) is 42.1 Å². The number of likely N-dealkylation sites (tertiary alicyclic amines) is 1. The molecule has 136 valence electrons. The highest BCUT2D eigenvalue weighted by Crippen LogP contribution is 2.35. The Balaban J connectivity index is 1.83. The van der Waals surface area contributed by atoms with E-state index in [2.05, 4.69) is 0 Å². The first-order valence-electron chi connectivity index (χ1n) is 8.36. The van der Waals surface area contributed by atoms with Crippen LogP contribution in [-0.2, 0) is 14.3 Å². The second-order valence-electron chi connectivity index (χ2n) is 6.37. The van der Waals surface area contributed by atoms with E-state index in [1.165, 1.54) is 7.11 Å². The molecule has 0 saturated carbocycles. The molecule has 3 atom stereocenters. The minimum atomic E-state index is -0.908. The number of carboxylic acid groups (broad SMARTS) is 1. The summed E-state index contributed by atoms with van der Waals surface area (Å²) in [7, 11) is 1.48. The SMILES string of the molecule is CO[C@@H](C(=O)N1C[C@@H](C(=O)O)[C@H](c2ccc(Cl)cc2)C1)c1ccccc1. The first-order valence-corrected chi connectivity index (χ1v) is 8.74. The van der Waals surface area contributed by atoms with Crippen molar-refractivity contribution in [2.24, 2.45) is 5.92 Å². The van der Waals surface area contributed by atoms with E-state index in [-0.39, 0.29) is 18.4 Å². The summed E-state index contributed by atoms with van der Waals surface area (Å²) in [6.45, 7) is 0.498. The largest absolute Gasteiger partial charge is 0.481 e. The van der Waals surface area contributed by atoms with Crippen LogP contribution >= 0.6 is 11.6 Å². The molecule has 0 aliphatic carbocycles. The molecule has 0 unspecified atom stereocenters. The number of benzene rings is 2. The quantitative estimate of drug-likeness (QED) is 0.872. The Hall–Kier alpha value is -2.37. The first-order chi connectivity index (χ1) is 12.5. The fourth-order valence-corrected chi connectivity index (χ4v) is 3.58. The highest BCUT2D eigenvalue weighted by atomic mass is 35.5. The molecule has 26 heavy (non-hydrogen) atoms. The normalized spacial score (nSPS) is 20.8. The maximum Gasteiger partial charge on any atom is 0.308 e. The van der Waals surface area contributed by atoms with Crippen LogP contribution in [0.4, 0.5) is 0 Å². The number of amides is 1. The second kappa shape index (κ2) is 7.89. The Kier molecular flexibility index (Phi) is 5.59. The molecule has 1 heterocycles. The van der Waals surface area contributed by atoms with E-state index in [0.29, 0.717) is 11.6 Å². The Morgan fingerprint density at radius 1 is 1.12 bits per heavy atom.